The van der Waals surface area contributed by atoms with Crippen molar-refractivity contribution in [2.24, 2.45) is 0 Å². The Morgan fingerprint density at radius 2 is 2.10 bits per heavy atom. The number of nitrogens with zero attached hydrogens (tertiary/aromatic N) is 2. The number of nitrogens with one attached hydrogen (secondary N) is 1. The van der Waals surface area contributed by atoms with Crippen LogP contribution in [0.1, 0.15) is 43.5 Å². The van der Waals surface area contributed by atoms with Gasteiger partial charge in [-0.2, -0.15) is 4.98 Å². The smallest absolute Gasteiger partial charge is 0.246 e. The monoisotopic (exact) mass is 303 g/mol. The fourth-order valence-electron chi connectivity index (χ4n) is 2.56. The van der Waals surface area contributed by atoms with Gasteiger partial charge in [0.15, 0.2) is 5.82 Å². The van der Waals surface area contributed by atoms with E-state index in [9.17, 15) is 0 Å². The molecule has 21 heavy (non-hydrogen) atoms. The van der Waals surface area contributed by atoms with Gasteiger partial charge in [0.2, 0.25) is 5.89 Å². The molecule has 5 heteroatoms. The summed E-state index contributed by atoms with van der Waals surface area (Å²) in [6, 6.07) is 8.50. The van der Waals surface area contributed by atoms with Crippen LogP contribution >= 0.6 is 11.8 Å². The molecule has 0 spiro atoms. The van der Waals surface area contributed by atoms with Crippen LogP contribution in [-0.4, -0.2) is 16.7 Å². The van der Waals surface area contributed by atoms with E-state index < -0.39 is 0 Å². The molecule has 0 aliphatic carbocycles. The van der Waals surface area contributed by atoms with Crippen LogP contribution in [-0.2, 0) is 11.3 Å². The molecular weight excluding hydrogens is 282 g/mol. The third-order valence-electron chi connectivity index (χ3n) is 3.95. The number of rotatable bonds is 4. The minimum atomic E-state index is -0.155. The Morgan fingerprint density at radius 3 is 2.81 bits per heavy atom. The minimum absolute atomic E-state index is 0.155. The van der Waals surface area contributed by atoms with Gasteiger partial charge >= 0.3 is 0 Å². The third kappa shape index (κ3) is 3.47. The largest absolute Gasteiger partial charge is 0.337 e. The van der Waals surface area contributed by atoms with Crippen LogP contribution in [0.25, 0.3) is 0 Å². The van der Waals surface area contributed by atoms with Gasteiger partial charge in [-0.3, -0.25) is 0 Å². The number of piperidine rings is 1. The topological polar surface area (TPSA) is 51.0 Å². The van der Waals surface area contributed by atoms with Crippen molar-refractivity contribution in [3.8, 4) is 0 Å². The molecule has 2 heterocycles. The first-order valence-corrected chi connectivity index (χ1v) is 8.42. The maximum atomic E-state index is 5.48. The SMILES string of the molecule is Cc1ccc(SCc2noc(C3(C)CCCCN3)n2)cc1. The summed E-state index contributed by atoms with van der Waals surface area (Å²) in [6.45, 7) is 5.26. The van der Waals surface area contributed by atoms with Crippen LogP contribution < -0.4 is 5.32 Å². The molecule has 112 valence electrons. The normalized spacial score (nSPS) is 22.4. The summed E-state index contributed by atoms with van der Waals surface area (Å²) in [4.78, 5) is 5.81. The molecule has 4 nitrogen and oxygen atoms in total. The number of aromatic nitrogens is 2. The summed E-state index contributed by atoms with van der Waals surface area (Å²) in [5.41, 5.74) is 1.12. The first-order valence-electron chi connectivity index (χ1n) is 7.43. The zero-order valence-electron chi connectivity index (χ0n) is 12.6. The van der Waals surface area contributed by atoms with Crippen molar-refractivity contribution in [1.29, 1.82) is 0 Å². The van der Waals surface area contributed by atoms with Crippen molar-refractivity contribution >= 4 is 11.8 Å². The number of benzene rings is 1. The molecule has 0 bridgehead atoms. The molecule has 1 atom stereocenters. The highest BCUT2D eigenvalue weighted by molar-refractivity contribution is 7.98. The fraction of sp³-hybridized carbons (Fsp3) is 0.500. The summed E-state index contributed by atoms with van der Waals surface area (Å²) in [7, 11) is 0. The predicted octanol–water partition coefficient (Wildman–Crippen LogP) is 3.66. The Bertz CT molecular complexity index is 588. The van der Waals surface area contributed by atoms with Crippen molar-refractivity contribution in [2.75, 3.05) is 6.54 Å². The Morgan fingerprint density at radius 1 is 1.29 bits per heavy atom. The van der Waals surface area contributed by atoms with Gasteiger partial charge in [0.05, 0.1) is 11.3 Å². The van der Waals surface area contributed by atoms with Crippen molar-refractivity contribution in [3.05, 3.63) is 41.5 Å². The average molecular weight is 303 g/mol. The van der Waals surface area contributed by atoms with Gasteiger partial charge in [0.1, 0.15) is 0 Å². The molecule has 1 aliphatic heterocycles. The van der Waals surface area contributed by atoms with Crippen molar-refractivity contribution < 1.29 is 4.52 Å². The molecular formula is C16H21N3OS. The van der Waals surface area contributed by atoms with Gasteiger partial charge in [-0.1, -0.05) is 22.9 Å². The van der Waals surface area contributed by atoms with Crippen LogP contribution in [0.15, 0.2) is 33.7 Å². The second-order valence-corrected chi connectivity index (χ2v) is 6.88. The van der Waals surface area contributed by atoms with E-state index in [-0.39, 0.29) is 5.54 Å². The molecule has 1 fully saturated rings. The van der Waals surface area contributed by atoms with Crippen molar-refractivity contribution in [3.63, 3.8) is 0 Å². The second kappa shape index (κ2) is 6.20. The van der Waals surface area contributed by atoms with Crippen LogP contribution in [0.3, 0.4) is 0 Å². The lowest BCUT2D eigenvalue weighted by Gasteiger charge is -2.31. The average Bonchev–Trinajstić information content (AvgIpc) is 2.97. The lowest BCUT2D eigenvalue weighted by atomic mass is 9.91. The first-order chi connectivity index (χ1) is 10.2. The molecule has 1 N–H and O–H groups in total. The molecule has 1 aromatic carbocycles. The van der Waals surface area contributed by atoms with E-state index >= 15 is 0 Å². The minimum Gasteiger partial charge on any atom is -0.337 e. The van der Waals surface area contributed by atoms with E-state index in [4.69, 9.17) is 4.52 Å². The van der Waals surface area contributed by atoms with E-state index in [1.165, 1.54) is 23.3 Å². The van der Waals surface area contributed by atoms with Gasteiger partial charge in [-0.25, -0.2) is 0 Å². The summed E-state index contributed by atoms with van der Waals surface area (Å²) < 4.78 is 5.48. The van der Waals surface area contributed by atoms with E-state index in [1.807, 2.05) is 0 Å². The maximum absolute atomic E-state index is 5.48. The lowest BCUT2D eigenvalue weighted by molar-refractivity contribution is 0.206. The molecule has 2 aromatic rings. The van der Waals surface area contributed by atoms with Gasteiger partial charge in [0.25, 0.3) is 0 Å². The second-order valence-electron chi connectivity index (χ2n) is 5.83. The van der Waals surface area contributed by atoms with Gasteiger partial charge < -0.3 is 9.84 Å². The van der Waals surface area contributed by atoms with Crippen LogP contribution in [0.5, 0.6) is 0 Å². The summed E-state index contributed by atoms with van der Waals surface area (Å²) >= 11 is 1.74. The molecule has 1 aromatic heterocycles. The van der Waals surface area contributed by atoms with Crippen LogP contribution in [0.4, 0.5) is 0 Å². The highest BCUT2D eigenvalue weighted by Crippen LogP contribution is 2.29. The predicted molar refractivity (Wildman–Crippen MR) is 84.2 cm³/mol. The highest BCUT2D eigenvalue weighted by Gasteiger charge is 2.34. The lowest BCUT2D eigenvalue weighted by Crippen LogP contribution is -2.43. The Balaban J connectivity index is 1.63. The summed E-state index contributed by atoms with van der Waals surface area (Å²) in [6.07, 6.45) is 3.49. The van der Waals surface area contributed by atoms with E-state index in [0.29, 0.717) is 0 Å². The molecule has 1 unspecified atom stereocenters. The van der Waals surface area contributed by atoms with Crippen molar-refractivity contribution in [2.45, 2.75) is 49.3 Å². The molecule has 0 saturated carbocycles. The Hall–Kier alpha value is -1.33. The van der Waals surface area contributed by atoms with Gasteiger partial charge in [-0.05, 0) is 51.8 Å². The molecule has 1 saturated heterocycles. The zero-order valence-corrected chi connectivity index (χ0v) is 13.4. The molecule has 1 aliphatic rings. The number of thioether (sulfide) groups is 1. The molecule has 3 rings (SSSR count). The standard InChI is InChI=1S/C16H21N3OS/c1-12-5-7-13(8-6-12)21-11-14-18-15(20-19-14)16(2)9-3-4-10-17-16/h5-8,17H,3-4,9-11H2,1-2H3. The van der Waals surface area contributed by atoms with Crippen molar-refractivity contribution in [1.82, 2.24) is 15.5 Å². The number of hydrogen-bond acceptors (Lipinski definition) is 5. The van der Waals surface area contributed by atoms with Crippen LogP contribution in [0.2, 0.25) is 0 Å². The van der Waals surface area contributed by atoms with E-state index in [0.717, 1.165) is 30.4 Å². The summed E-state index contributed by atoms with van der Waals surface area (Å²) in [5.74, 6) is 2.23. The van der Waals surface area contributed by atoms with Crippen LogP contribution in [0, 0.1) is 6.92 Å². The Labute approximate surface area is 129 Å². The summed E-state index contributed by atoms with van der Waals surface area (Å²) in [5, 5.41) is 7.62. The molecule has 0 radical (unpaired) electrons. The maximum Gasteiger partial charge on any atom is 0.246 e. The van der Waals surface area contributed by atoms with Gasteiger partial charge in [0, 0.05) is 4.90 Å². The van der Waals surface area contributed by atoms with E-state index in [1.54, 1.807) is 11.8 Å². The van der Waals surface area contributed by atoms with E-state index in [2.05, 4.69) is 53.6 Å². The fourth-order valence-corrected chi connectivity index (χ4v) is 3.30. The Kier molecular flexibility index (Phi) is 4.31. The number of aryl methyl sites for hydroxylation is 1. The highest BCUT2D eigenvalue weighted by atomic mass is 32.2. The molecule has 0 amide bonds. The first kappa shape index (κ1) is 14.6. The quantitative estimate of drug-likeness (QED) is 0.874. The third-order valence-corrected chi connectivity index (χ3v) is 4.96. The van der Waals surface area contributed by atoms with Gasteiger partial charge in [-0.15, -0.1) is 11.8 Å². The zero-order chi connectivity index (χ0) is 14.7. The number of hydrogen-bond donors (Lipinski definition) is 1.